The highest BCUT2D eigenvalue weighted by atomic mass is 16.6. The van der Waals surface area contributed by atoms with Gasteiger partial charge in [0.15, 0.2) is 0 Å². The quantitative estimate of drug-likeness (QED) is 0.682. The van der Waals surface area contributed by atoms with Crippen LogP contribution in [0.25, 0.3) is 0 Å². The van der Waals surface area contributed by atoms with Gasteiger partial charge < -0.3 is 29.9 Å². The Hall–Kier alpha value is -3.10. The van der Waals surface area contributed by atoms with Crippen molar-refractivity contribution in [3.8, 4) is 0 Å². The Bertz CT molecular complexity index is 924. The minimum absolute atomic E-state index is 0.165. The van der Waals surface area contributed by atoms with Crippen LogP contribution in [0.4, 0.5) is 9.59 Å². The molecule has 8 heteroatoms. The van der Waals surface area contributed by atoms with Crippen molar-refractivity contribution in [2.24, 2.45) is 11.8 Å². The molecule has 4 atom stereocenters. The Morgan fingerprint density at radius 3 is 1.50 bits per heavy atom. The van der Waals surface area contributed by atoms with Gasteiger partial charge in [-0.25, -0.2) is 9.59 Å². The molecule has 36 heavy (non-hydrogen) atoms. The number of nitrogens with zero attached hydrogens (tertiary/aromatic N) is 2. The third kappa shape index (κ3) is 5.82. The minimum atomic E-state index is -0.165. The first-order valence-electron chi connectivity index (χ1n) is 13.0. The third-order valence-electron chi connectivity index (χ3n) is 7.68. The Morgan fingerprint density at radius 1 is 0.694 bits per heavy atom. The molecule has 2 amide bonds. The maximum absolute atomic E-state index is 11.9. The first kappa shape index (κ1) is 24.6. The number of likely N-dealkylation sites (tertiary alicyclic amines) is 2. The predicted octanol–water partition coefficient (Wildman–Crippen LogP) is 3.23. The Balaban J connectivity index is 0.000000148. The van der Waals surface area contributed by atoms with Crippen molar-refractivity contribution in [2.45, 2.75) is 38.1 Å². The highest BCUT2D eigenvalue weighted by Gasteiger charge is 2.44. The van der Waals surface area contributed by atoms with E-state index in [2.05, 4.69) is 10.6 Å². The predicted molar refractivity (Wildman–Crippen MR) is 136 cm³/mol. The highest BCUT2D eigenvalue weighted by Crippen LogP contribution is 2.31. The zero-order chi connectivity index (χ0) is 24.7. The number of benzene rings is 2. The Kier molecular flexibility index (Phi) is 8.03. The number of piperidine rings is 2. The molecule has 4 aliphatic rings. The number of rotatable bonds is 4. The van der Waals surface area contributed by atoms with E-state index in [9.17, 15) is 9.59 Å². The summed E-state index contributed by atoms with van der Waals surface area (Å²) < 4.78 is 10.7. The molecule has 0 aromatic heterocycles. The summed E-state index contributed by atoms with van der Waals surface area (Å²) in [5, 5.41) is 6.71. The maximum atomic E-state index is 11.9. The van der Waals surface area contributed by atoms with Crippen molar-refractivity contribution >= 4 is 12.2 Å². The monoisotopic (exact) mass is 492 g/mol. The normalized spacial score (nSPS) is 26.1. The molecule has 0 spiro atoms. The molecule has 4 saturated heterocycles. The second kappa shape index (κ2) is 11.8. The van der Waals surface area contributed by atoms with E-state index in [1.165, 1.54) is 0 Å². The van der Waals surface area contributed by atoms with Crippen molar-refractivity contribution < 1.29 is 19.1 Å². The van der Waals surface area contributed by atoms with Crippen molar-refractivity contribution in [2.75, 3.05) is 39.3 Å². The average molecular weight is 493 g/mol. The summed E-state index contributed by atoms with van der Waals surface area (Å²) >= 11 is 0. The molecule has 0 radical (unpaired) electrons. The van der Waals surface area contributed by atoms with Gasteiger partial charge in [0.1, 0.15) is 13.2 Å². The van der Waals surface area contributed by atoms with Crippen molar-refractivity contribution in [3.05, 3.63) is 71.8 Å². The maximum Gasteiger partial charge on any atom is 0.410 e. The van der Waals surface area contributed by atoms with Crippen LogP contribution in [0.5, 0.6) is 0 Å². The number of hydrogen-bond acceptors (Lipinski definition) is 6. The van der Waals surface area contributed by atoms with Crippen LogP contribution in [0.1, 0.15) is 24.0 Å². The minimum Gasteiger partial charge on any atom is -0.445 e. The fourth-order valence-corrected chi connectivity index (χ4v) is 5.54. The van der Waals surface area contributed by atoms with Gasteiger partial charge in [0.2, 0.25) is 0 Å². The molecule has 0 aliphatic carbocycles. The summed E-state index contributed by atoms with van der Waals surface area (Å²) in [5.41, 5.74) is 2.07. The van der Waals surface area contributed by atoms with Gasteiger partial charge in [0, 0.05) is 50.1 Å². The van der Waals surface area contributed by atoms with Gasteiger partial charge in [0.05, 0.1) is 0 Å². The fourth-order valence-electron chi connectivity index (χ4n) is 5.54. The van der Waals surface area contributed by atoms with Crippen LogP contribution in [0, 0.1) is 11.8 Å². The highest BCUT2D eigenvalue weighted by molar-refractivity contribution is 5.70. The molecule has 6 rings (SSSR count). The molecule has 0 bridgehead atoms. The van der Waals surface area contributed by atoms with Crippen molar-refractivity contribution in [1.82, 2.24) is 20.4 Å². The van der Waals surface area contributed by atoms with E-state index in [1.807, 2.05) is 70.5 Å². The van der Waals surface area contributed by atoms with Crippen LogP contribution >= 0.6 is 0 Å². The topological polar surface area (TPSA) is 83.1 Å². The molecule has 4 heterocycles. The van der Waals surface area contributed by atoms with E-state index >= 15 is 0 Å². The molecule has 2 N–H and O–H groups in total. The van der Waals surface area contributed by atoms with E-state index in [0.717, 1.165) is 63.2 Å². The fraction of sp³-hybridized carbons (Fsp3) is 0.500. The van der Waals surface area contributed by atoms with Crippen LogP contribution in [0.2, 0.25) is 0 Å². The van der Waals surface area contributed by atoms with Crippen LogP contribution in [0.3, 0.4) is 0 Å². The smallest absolute Gasteiger partial charge is 0.410 e. The van der Waals surface area contributed by atoms with E-state index in [-0.39, 0.29) is 12.2 Å². The summed E-state index contributed by atoms with van der Waals surface area (Å²) in [4.78, 5) is 27.6. The lowest BCUT2D eigenvalue weighted by Crippen LogP contribution is -2.64. The molecule has 0 unspecified atom stereocenters. The summed E-state index contributed by atoms with van der Waals surface area (Å²) in [5.74, 6) is 1.26. The number of fused-ring (bicyclic) bond motifs is 2. The summed E-state index contributed by atoms with van der Waals surface area (Å²) in [6.45, 7) is 6.49. The third-order valence-corrected chi connectivity index (χ3v) is 7.68. The molecule has 2 aromatic rings. The van der Waals surface area contributed by atoms with E-state index < -0.39 is 0 Å². The molecular formula is C28H36N4O4. The first-order chi connectivity index (χ1) is 17.7. The van der Waals surface area contributed by atoms with Gasteiger partial charge in [-0.15, -0.1) is 0 Å². The Labute approximate surface area is 212 Å². The Morgan fingerprint density at radius 2 is 1.11 bits per heavy atom. The van der Waals surface area contributed by atoms with E-state index in [4.69, 9.17) is 9.47 Å². The number of amides is 2. The molecule has 4 fully saturated rings. The summed E-state index contributed by atoms with van der Waals surface area (Å²) in [7, 11) is 0. The molecule has 4 aliphatic heterocycles. The molecular weight excluding hydrogens is 456 g/mol. The summed E-state index contributed by atoms with van der Waals surface area (Å²) in [6, 6.07) is 20.4. The lowest BCUT2D eigenvalue weighted by Gasteiger charge is -2.50. The van der Waals surface area contributed by atoms with Crippen LogP contribution < -0.4 is 10.6 Å². The lowest BCUT2D eigenvalue weighted by atomic mass is 9.84. The number of ether oxygens (including phenoxy) is 2. The van der Waals surface area contributed by atoms with Gasteiger partial charge in [-0.1, -0.05) is 60.7 Å². The number of carbonyl (C=O) groups excluding carboxylic acids is 2. The zero-order valence-corrected chi connectivity index (χ0v) is 20.7. The molecule has 8 nitrogen and oxygen atoms in total. The zero-order valence-electron chi connectivity index (χ0n) is 20.7. The molecule has 2 aromatic carbocycles. The molecule has 0 saturated carbocycles. The van der Waals surface area contributed by atoms with Gasteiger partial charge in [-0.05, 0) is 37.1 Å². The van der Waals surface area contributed by atoms with Gasteiger partial charge in [0.25, 0.3) is 0 Å². The van der Waals surface area contributed by atoms with Crippen molar-refractivity contribution in [3.63, 3.8) is 0 Å². The van der Waals surface area contributed by atoms with Gasteiger partial charge in [-0.3, -0.25) is 0 Å². The average Bonchev–Trinajstić information content (AvgIpc) is 2.89. The standard InChI is InChI=1S/2C14H18N2O2/c2*17-14(18-10-11-4-2-1-3-5-11)16-9-12-8-15-7-6-13(12)16/h2*1-5,12-13,15H,6-10H2/t2*12-,13-/m10/s1. The summed E-state index contributed by atoms with van der Waals surface area (Å²) in [6.07, 6.45) is 1.76. The van der Waals surface area contributed by atoms with Crippen LogP contribution in [-0.4, -0.2) is 73.3 Å². The lowest BCUT2D eigenvalue weighted by molar-refractivity contribution is -0.0107. The second-order valence-electron chi connectivity index (χ2n) is 10.0. The van der Waals surface area contributed by atoms with Gasteiger partial charge >= 0.3 is 12.2 Å². The second-order valence-corrected chi connectivity index (χ2v) is 10.0. The molecule has 192 valence electrons. The number of nitrogens with one attached hydrogen (secondary N) is 2. The van der Waals surface area contributed by atoms with Crippen molar-refractivity contribution in [1.29, 1.82) is 0 Å². The van der Waals surface area contributed by atoms with E-state index in [1.54, 1.807) is 0 Å². The first-order valence-corrected chi connectivity index (χ1v) is 13.0. The van der Waals surface area contributed by atoms with Gasteiger partial charge in [-0.2, -0.15) is 0 Å². The van der Waals surface area contributed by atoms with E-state index in [0.29, 0.717) is 37.1 Å². The largest absolute Gasteiger partial charge is 0.445 e. The number of carbonyl (C=O) groups is 2. The number of hydrogen-bond donors (Lipinski definition) is 2. The van der Waals surface area contributed by atoms with Crippen LogP contribution in [-0.2, 0) is 22.7 Å². The van der Waals surface area contributed by atoms with Crippen LogP contribution in [0.15, 0.2) is 60.7 Å². The SMILES string of the molecule is O=C(OCc1ccccc1)N1C[C@@H]2CNCC[C@@H]21.O=C(OCc1ccccc1)N1C[C@H]2CNCC[C@H]21.